The highest BCUT2D eigenvalue weighted by Gasteiger charge is 2.14. The number of primary amides is 1. The van der Waals surface area contributed by atoms with Gasteiger partial charge in [0.1, 0.15) is 5.75 Å². The first kappa shape index (κ1) is 14.9. The maximum atomic E-state index is 11.2. The number of nitrogens with two attached hydrogens (primary N) is 1. The monoisotopic (exact) mass is 276 g/mol. The van der Waals surface area contributed by atoms with Crippen LogP contribution in [0.15, 0.2) is 18.2 Å². The third-order valence-corrected chi connectivity index (χ3v) is 3.79. The van der Waals surface area contributed by atoms with Crippen LogP contribution in [0.25, 0.3) is 0 Å². The van der Waals surface area contributed by atoms with Crippen molar-refractivity contribution < 1.29 is 9.53 Å². The smallest absolute Gasteiger partial charge is 0.234 e. The molecule has 20 heavy (non-hydrogen) atoms. The summed E-state index contributed by atoms with van der Waals surface area (Å²) < 4.78 is 5.75. The third kappa shape index (κ3) is 3.97. The van der Waals surface area contributed by atoms with Gasteiger partial charge in [0.2, 0.25) is 5.91 Å². The van der Waals surface area contributed by atoms with E-state index in [1.165, 1.54) is 30.4 Å². The molecule has 110 valence electrons. The number of rotatable bonds is 7. The molecule has 1 unspecified atom stereocenters. The summed E-state index contributed by atoms with van der Waals surface area (Å²) in [6.45, 7) is 3.19. The molecule has 1 aromatic rings. The maximum absolute atomic E-state index is 11.2. The van der Waals surface area contributed by atoms with Gasteiger partial charge in [-0.2, -0.15) is 0 Å². The molecule has 1 aliphatic carbocycles. The SMILES string of the molecule is CCNC(CCOc1ccc2c(c1)CCCC2)C(N)=O. The number of hydrogen-bond acceptors (Lipinski definition) is 3. The van der Waals surface area contributed by atoms with Crippen LogP contribution in [0.2, 0.25) is 0 Å². The summed E-state index contributed by atoms with van der Waals surface area (Å²) in [6, 6.07) is 6.02. The molecule has 0 fully saturated rings. The number of aryl methyl sites for hydroxylation is 2. The fourth-order valence-electron chi connectivity index (χ4n) is 2.69. The van der Waals surface area contributed by atoms with Crippen LogP contribution in [0.4, 0.5) is 0 Å². The zero-order valence-corrected chi connectivity index (χ0v) is 12.2. The van der Waals surface area contributed by atoms with Crippen LogP contribution in [-0.4, -0.2) is 25.1 Å². The van der Waals surface area contributed by atoms with Gasteiger partial charge in [-0.25, -0.2) is 0 Å². The van der Waals surface area contributed by atoms with Gasteiger partial charge >= 0.3 is 0 Å². The van der Waals surface area contributed by atoms with Crippen molar-refractivity contribution in [1.29, 1.82) is 0 Å². The number of amides is 1. The Kier molecular flexibility index (Phi) is 5.41. The van der Waals surface area contributed by atoms with Gasteiger partial charge in [0.05, 0.1) is 12.6 Å². The molecule has 0 saturated carbocycles. The average molecular weight is 276 g/mol. The van der Waals surface area contributed by atoms with E-state index in [0.29, 0.717) is 13.0 Å². The van der Waals surface area contributed by atoms with Crippen molar-refractivity contribution in [3.8, 4) is 5.75 Å². The molecule has 1 aliphatic rings. The summed E-state index contributed by atoms with van der Waals surface area (Å²) in [4.78, 5) is 11.2. The standard InChI is InChI=1S/C16H24N2O2/c1-2-18-15(16(17)19)9-10-20-14-8-7-12-5-3-4-6-13(12)11-14/h7-8,11,15,18H,2-6,9-10H2,1H3,(H2,17,19). The van der Waals surface area contributed by atoms with Crippen molar-refractivity contribution in [2.24, 2.45) is 5.73 Å². The zero-order chi connectivity index (χ0) is 14.4. The minimum atomic E-state index is -0.319. The Balaban J connectivity index is 1.86. The van der Waals surface area contributed by atoms with Crippen molar-refractivity contribution in [3.63, 3.8) is 0 Å². The molecular weight excluding hydrogens is 252 g/mol. The predicted molar refractivity (Wildman–Crippen MR) is 79.9 cm³/mol. The molecule has 1 aromatic carbocycles. The lowest BCUT2D eigenvalue weighted by Crippen LogP contribution is -2.42. The first-order valence-electron chi connectivity index (χ1n) is 7.48. The second kappa shape index (κ2) is 7.29. The Labute approximate surface area is 120 Å². The molecule has 4 heteroatoms. The zero-order valence-electron chi connectivity index (χ0n) is 12.2. The second-order valence-electron chi connectivity index (χ2n) is 5.29. The molecule has 1 atom stereocenters. The summed E-state index contributed by atoms with van der Waals surface area (Å²) in [5, 5.41) is 3.06. The molecule has 0 aromatic heterocycles. The lowest BCUT2D eigenvalue weighted by molar-refractivity contribution is -0.120. The van der Waals surface area contributed by atoms with E-state index in [9.17, 15) is 4.79 Å². The van der Waals surface area contributed by atoms with Gasteiger partial charge in [-0.15, -0.1) is 0 Å². The topological polar surface area (TPSA) is 64.3 Å². The van der Waals surface area contributed by atoms with Crippen LogP contribution in [0.5, 0.6) is 5.75 Å². The highest BCUT2D eigenvalue weighted by atomic mass is 16.5. The van der Waals surface area contributed by atoms with Crippen molar-refractivity contribution in [3.05, 3.63) is 29.3 Å². The number of nitrogens with one attached hydrogen (secondary N) is 1. The quantitative estimate of drug-likeness (QED) is 0.798. The molecule has 0 spiro atoms. The van der Waals surface area contributed by atoms with Crippen LogP contribution in [0.3, 0.4) is 0 Å². The van der Waals surface area contributed by atoms with E-state index >= 15 is 0 Å². The van der Waals surface area contributed by atoms with E-state index in [1.807, 2.05) is 13.0 Å². The first-order chi connectivity index (χ1) is 9.70. The van der Waals surface area contributed by atoms with Gasteiger partial charge < -0.3 is 15.8 Å². The first-order valence-corrected chi connectivity index (χ1v) is 7.48. The van der Waals surface area contributed by atoms with Gasteiger partial charge in [-0.05, 0) is 55.5 Å². The lowest BCUT2D eigenvalue weighted by atomic mass is 9.92. The largest absolute Gasteiger partial charge is 0.494 e. The highest BCUT2D eigenvalue weighted by molar-refractivity contribution is 5.79. The van der Waals surface area contributed by atoms with Crippen molar-refractivity contribution in [1.82, 2.24) is 5.32 Å². The Morgan fingerprint density at radius 3 is 2.80 bits per heavy atom. The minimum absolute atomic E-state index is 0.308. The summed E-state index contributed by atoms with van der Waals surface area (Å²) in [7, 11) is 0. The van der Waals surface area contributed by atoms with Crippen LogP contribution >= 0.6 is 0 Å². The Hall–Kier alpha value is -1.55. The van der Waals surface area contributed by atoms with Crippen molar-refractivity contribution in [2.75, 3.05) is 13.2 Å². The van der Waals surface area contributed by atoms with Crippen LogP contribution in [-0.2, 0) is 17.6 Å². The van der Waals surface area contributed by atoms with Gasteiger partial charge in [0.25, 0.3) is 0 Å². The lowest BCUT2D eigenvalue weighted by Gasteiger charge is -2.18. The molecular formula is C16H24N2O2. The molecule has 1 amide bonds. The number of likely N-dealkylation sites (N-methyl/N-ethyl adjacent to an activating group) is 1. The summed E-state index contributed by atoms with van der Waals surface area (Å²) in [6.07, 6.45) is 5.48. The Bertz CT molecular complexity index is 460. The van der Waals surface area contributed by atoms with Crippen molar-refractivity contribution >= 4 is 5.91 Å². The Morgan fingerprint density at radius 2 is 2.10 bits per heavy atom. The number of fused-ring (bicyclic) bond motifs is 1. The molecule has 0 radical (unpaired) electrons. The molecule has 2 rings (SSSR count). The Morgan fingerprint density at radius 1 is 1.35 bits per heavy atom. The van der Waals surface area contributed by atoms with E-state index in [0.717, 1.165) is 18.7 Å². The molecule has 0 bridgehead atoms. The number of carbonyl (C=O) groups excluding carboxylic acids is 1. The van der Waals surface area contributed by atoms with E-state index < -0.39 is 0 Å². The number of benzene rings is 1. The maximum Gasteiger partial charge on any atom is 0.234 e. The highest BCUT2D eigenvalue weighted by Crippen LogP contribution is 2.25. The van der Waals surface area contributed by atoms with Gasteiger partial charge in [-0.1, -0.05) is 13.0 Å². The number of ether oxygens (including phenoxy) is 1. The fraction of sp³-hybridized carbons (Fsp3) is 0.562. The fourth-order valence-corrected chi connectivity index (χ4v) is 2.69. The third-order valence-electron chi connectivity index (χ3n) is 3.79. The van der Waals surface area contributed by atoms with E-state index in [4.69, 9.17) is 10.5 Å². The van der Waals surface area contributed by atoms with Crippen molar-refractivity contribution in [2.45, 2.75) is 45.1 Å². The van der Waals surface area contributed by atoms with Gasteiger partial charge in [0, 0.05) is 6.42 Å². The molecule has 0 aliphatic heterocycles. The number of hydrogen-bond donors (Lipinski definition) is 2. The normalized spacial score (nSPS) is 15.4. The summed E-state index contributed by atoms with van der Waals surface area (Å²) >= 11 is 0. The molecule has 0 heterocycles. The number of carbonyl (C=O) groups is 1. The summed E-state index contributed by atoms with van der Waals surface area (Å²) in [5.74, 6) is 0.575. The summed E-state index contributed by atoms with van der Waals surface area (Å²) in [5.41, 5.74) is 8.20. The molecule has 0 saturated heterocycles. The van der Waals surface area contributed by atoms with Crippen LogP contribution in [0.1, 0.15) is 37.3 Å². The average Bonchev–Trinajstić information content (AvgIpc) is 2.46. The van der Waals surface area contributed by atoms with Crippen LogP contribution < -0.4 is 15.8 Å². The minimum Gasteiger partial charge on any atom is -0.494 e. The van der Waals surface area contributed by atoms with Crippen LogP contribution in [0, 0.1) is 0 Å². The van der Waals surface area contributed by atoms with E-state index in [2.05, 4.69) is 17.4 Å². The molecule has 3 N–H and O–H groups in total. The van der Waals surface area contributed by atoms with E-state index in [1.54, 1.807) is 0 Å². The predicted octanol–water partition coefficient (Wildman–Crippen LogP) is 1.80. The van der Waals surface area contributed by atoms with E-state index in [-0.39, 0.29) is 11.9 Å². The van der Waals surface area contributed by atoms with Gasteiger partial charge in [0.15, 0.2) is 0 Å². The second-order valence-corrected chi connectivity index (χ2v) is 5.29. The molecule has 4 nitrogen and oxygen atoms in total. The van der Waals surface area contributed by atoms with Gasteiger partial charge in [-0.3, -0.25) is 4.79 Å².